The van der Waals surface area contributed by atoms with Gasteiger partial charge >= 0.3 is 0 Å². The fourth-order valence-electron chi connectivity index (χ4n) is 1.69. The Labute approximate surface area is 79.5 Å². The lowest BCUT2D eigenvalue weighted by Crippen LogP contribution is -2.32. The van der Waals surface area contributed by atoms with E-state index in [-0.39, 0.29) is 0 Å². The molecule has 1 nitrogen and oxygen atoms in total. The summed E-state index contributed by atoms with van der Waals surface area (Å²) >= 11 is 0. The molecule has 1 unspecified atom stereocenters. The van der Waals surface area contributed by atoms with Crippen molar-refractivity contribution < 1.29 is 0 Å². The minimum atomic E-state index is 0.538. The fourth-order valence-corrected chi connectivity index (χ4v) is 1.69. The first kappa shape index (κ1) is 8.52. The van der Waals surface area contributed by atoms with Gasteiger partial charge in [0.2, 0.25) is 0 Å². The molecular formula is C12H15N. The van der Waals surface area contributed by atoms with E-state index < -0.39 is 0 Å². The van der Waals surface area contributed by atoms with Crippen LogP contribution in [0.5, 0.6) is 0 Å². The van der Waals surface area contributed by atoms with Crippen molar-refractivity contribution >= 4 is 0 Å². The van der Waals surface area contributed by atoms with Gasteiger partial charge < -0.3 is 5.32 Å². The number of hydrogen-bond donors (Lipinski definition) is 1. The van der Waals surface area contributed by atoms with Gasteiger partial charge in [0, 0.05) is 6.04 Å². The Balaban J connectivity index is 1.98. The molecule has 1 N–H and O–H groups in total. The van der Waals surface area contributed by atoms with Gasteiger partial charge in [-0.2, -0.15) is 0 Å². The molecule has 0 fully saturated rings. The Bertz CT molecular complexity index is 276. The van der Waals surface area contributed by atoms with Crippen molar-refractivity contribution in [1.82, 2.24) is 5.32 Å². The highest BCUT2D eigenvalue weighted by atomic mass is 14.9. The molecule has 1 aliphatic heterocycles. The Morgan fingerprint density at radius 2 is 2.08 bits per heavy atom. The van der Waals surface area contributed by atoms with E-state index in [9.17, 15) is 0 Å². The molecule has 1 aliphatic rings. The summed E-state index contributed by atoms with van der Waals surface area (Å²) in [6, 6.07) is 11.2. The van der Waals surface area contributed by atoms with Crippen molar-refractivity contribution in [2.24, 2.45) is 0 Å². The monoisotopic (exact) mass is 173 g/mol. The molecule has 0 bridgehead atoms. The highest BCUT2D eigenvalue weighted by molar-refractivity contribution is 5.18. The lowest BCUT2D eigenvalue weighted by atomic mass is 10.0. The van der Waals surface area contributed by atoms with Crippen LogP contribution in [0.3, 0.4) is 0 Å². The lowest BCUT2D eigenvalue weighted by Gasteiger charge is -2.18. The van der Waals surface area contributed by atoms with Crippen molar-refractivity contribution in [3.05, 3.63) is 48.0 Å². The fraction of sp³-hybridized carbons (Fsp3) is 0.333. The van der Waals surface area contributed by atoms with E-state index in [4.69, 9.17) is 0 Å². The quantitative estimate of drug-likeness (QED) is 0.676. The van der Waals surface area contributed by atoms with E-state index in [1.54, 1.807) is 0 Å². The predicted molar refractivity (Wildman–Crippen MR) is 55.7 cm³/mol. The largest absolute Gasteiger partial charge is 0.310 e. The van der Waals surface area contributed by atoms with Crippen molar-refractivity contribution in [2.75, 3.05) is 6.54 Å². The number of hydrogen-bond acceptors (Lipinski definition) is 1. The van der Waals surface area contributed by atoms with Crippen LogP contribution in [0.25, 0.3) is 0 Å². The van der Waals surface area contributed by atoms with Crippen LogP contribution in [-0.2, 0) is 6.42 Å². The van der Waals surface area contributed by atoms with E-state index in [0.29, 0.717) is 6.04 Å². The molecule has 0 spiro atoms. The van der Waals surface area contributed by atoms with Crippen molar-refractivity contribution in [3.8, 4) is 0 Å². The summed E-state index contributed by atoms with van der Waals surface area (Å²) in [5.74, 6) is 0. The topological polar surface area (TPSA) is 12.0 Å². The highest BCUT2D eigenvalue weighted by Gasteiger charge is 2.06. The van der Waals surface area contributed by atoms with Gasteiger partial charge in [-0.25, -0.2) is 0 Å². The first-order valence-corrected chi connectivity index (χ1v) is 4.89. The summed E-state index contributed by atoms with van der Waals surface area (Å²) in [4.78, 5) is 0. The average Bonchev–Trinajstić information content (AvgIpc) is 2.21. The zero-order chi connectivity index (χ0) is 8.93. The van der Waals surface area contributed by atoms with Crippen molar-refractivity contribution in [3.63, 3.8) is 0 Å². The molecule has 0 aromatic heterocycles. The molecule has 1 heteroatoms. The van der Waals surface area contributed by atoms with Crippen LogP contribution in [0.1, 0.15) is 12.0 Å². The third-order valence-electron chi connectivity index (χ3n) is 2.38. The van der Waals surface area contributed by atoms with Gasteiger partial charge in [-0.15, -0.1) is 0 Å². The van der Waals surface area contributed by atoms with Crippen LogP contribution >= 0.6 is 0 Å². The smallest absolute Gasteiger partial charge is 0.0290 e. The van der Waals surface area contributed by atoms with E-state index in [1.807, 2.05) is 0 Å². The van der Waals surface area contributed by atoms with Crippen LogP contribution in [0, 0.1) is 0 Å². The molecule has 0 saturated carbocycles. The maximum atomic E-state index is 3.48. The summed E-state index contributed by atoms with van der Waals surface area (Å²) < 4.78 is 0. The third-order valence-corrected chi connectivity index (χ3v) is 2.38. The molecule has 0 radical (unpaired) electrons. The van der Waals surface area contributed by atoms with Gasteiger partial charge in [0.15, 0.2) is 0 Å². The van der Waals surface area contributed by atoms with Crippen molar-refractivity contribution in [2.45, 2.75) is 18.9 Å². The first-order valence-electron chi connectivity index (χ1n) is 4.89. The molecule has 1 atom stereocenters. The van der Waals surface area contributed by atoms with Gasteiger partial charge in [0.25, 0.3) is 0 Å². The zero-order valence-corrected chi connectivity index (χ0v) is 7.74. The van der Waals surface area contributed by atoms with Crippen molar-refractivity contribution in [1.29, 1.82) is 0 Å². The van der Waals surface area contributed by atoms with Gasteiger partial charge in [0.1, 0.15) is 0 Å². The summed E-state index contributed by atoms with van der Waals surface area (Å²) in [7, 11) is 0. The molecular weight excluding hydrogens is 158 g/mol. The predicted octanol–water partition coefficient (Wildman–Crippen LogP) is 2.15. The molecule has 0 amide bonds. The molecule has 0 aliphatic carbocycles. The number of rotatable bonds is 2. The normalized spacial score (nSPS) is 21.7. The van der Waals surface area contributed by atoms with Crippen LogP contribution in [0.15, 0.2) is 42.5 Å². The maximum Gasteiger partial charge on any atom is 0.0290 e. The van der Waals surface area contributed by atoms with E-state index >= 15 is 0 Å². The molecule has 1 aromatic carbocycles. The Morgan fingerprint density at radius 1 is 1.23 bits per heavy atom. The molecule has 68 valence electrons. The first-order chi connectivity index (χ1) is 6.45. The summed E-state index contributed by atoms with van der Waals surface area (Å²) in [5.41, 5.74) is 1.41. The van der Waals surface area contributed by atoms with E-state index in [0.717, 1.165) is 13.0 Å². The number of nitrogens with one attached hydrogen (secondary N) is 1. The second kappa shape index (κ2) is 4.24. The molecule has 13 heavy (non-hydrogen) atoms. The van der Waals surface area contributed by atoms with Crippen LogP contribution < -0.4 is 5.32 Å². The number of benzene rings is 1. The third kappa shape index (κ3) is 2.43. The Morgan fingerprint density at radius 3 is 2.77 bits per heavy atom. The SMILES string of the molecule is C1=CC(Cc2ccccc2)NCC1. The summed E-state index contributed by atoms with van der Waals surface area (Å²) in [5, 5.41) is 3.48. The van der Waals surface area contributed by atoms with Crippen LogP contribution in [-0.4, -0.2) is 12.6 Å². The van der Waals surface area contributed by atoms with E-state index in [1.165, 1.54) is 12.0 Å². The van der Waals surface area contributed by atoms with Gasteiger partial charge in [-0.05, 0) is 24.9 Å². The van der Waals surface area contributed by atoms with Gasteiger partial charge in [0.05, 0.1) is 0 Å². The lowest BCUT2D eigenvalue weighted by molar-refractivity contribution is 0.573. The minimum absolute atomic E-state index is 0.538. The average molecular weight is 173 g/mol. The molecule has 1 heterocycles. The van der Waals surface area contributed by atoms with E-state index in [2.05, 4.69) is 47.8 Å². The maximum absolute atomic E-state index is 3.48. The molecule has 2 rings (SSSR count). The standard InChI is InChI=1S/C12H15N/c1-2-6-11(7-3-1)10-12-8-4-5-9-13-12/h1-4,6-8,12-13H,5,9-10H2. The summed E-state index contributed by atoms with van der Waals surface area (Å²) in [6.07, 6.45) is 6.82. The summed E-state index contributed by atoms with van der Waals surface area (Å²) in [6.45, 7) is 1.12. The highest BCUT2D eigenvalue weighted by Crippen LogP contribution is 2.06. The van der Waals surface area contributed by atoms with Gasteiger partial charge in [-0.3, -0.25) is 0 Å². The van der Waals surface area contributed by atoms with Crippen LogP contribution in [0.4, 0.5) is 0 Å². The molecule has 1 aromatic rings. The second-order valence-electron chi connectivity index (χ2n) is 3.47. The Kier molecular flexibility index (Phi) is 2.78. The van der Waals surface area contributed by atoms with Gasteiger partial charge in [-0.1, -0.05) is 42.5 Å². The molecule has 0 saturated heterocycles. The van der Waals surface area contributed by atoms with Crippen LogP contribution in [0.2, 0.25) is 0 Å². The zero-order valence-electron chi connectivity index (χ0n) is 7.74. The Hall–Kier alpha value is -1.08. The minimum Gasteiger partial charge on any atom is -0.310 e. The second-order valence-corrected chi connectivity index (χ2v) is 3.47.